The number of thioether (sulfide) groups is 1. The van der Waals surface area contributed by atoms with Crippen molar-refractivity contribution in [3.05, 3.63) is 29.3 Å². The topological polar surface area (TPSA) is 15.3 Å². The highest BCUT2D eigenvalue weighted by Gasteiger charge is 2.03. The van der Waals surface area contributed by atoms with E-state index in [-0.39, 0.29) is 0 Å². The van der Waals surface area contributed by atoms with E-state index in [2.05, 4.69) is 56.4 Å². The lowest BCUT2D eigenvalue weighted by Crippen LogP contribution is -2.16. The van der Waals surface area contributed by atoms with E-state index < -0.39 is 0 Å². The highest BCUT2D eigenvalue weighted by Crippen LogP contribution is 2.23. The van der Waals surface area contributed by atoms with Gasteiger partial charge in [0.25, 0.3) is 0 Å². The zero-order valence-electron chi connectivity index (χ0n) is 12.1. The fraction of sp³-hybridized carbons (Fsp3) is 0.600. The molecular formula is C15H26N2S. The van der Waals surface area contributed by atoms with Crippen molar-refractivity contribution in [2.24, 2.45) is 0 Å². The lowest BCUT2D eigenvalue weighted by Gasteiger charge is -2.13. The van der Waals surface area contributed by atoms with Crippen LogP contribution in [-0.2, 0) is 6.54 Å². The molecule has 1 N–H and O–H groups in total. The summed E-state index contributed by atoms with van der Waals surface area (Å²) in [6.07, 6.45) is 1.19. The van der Waals surface area contributed by atoms with Crippen molar-refractivity contribution in [3.8, 4) is 0 Å². The van der Waals surface area contributed by atoms with E-state index in [9.17, 15) is 0 Å². The Kier molecular flexibility index (Phi) is 7.40. The standard InChI is InChI=1S/C15H26N2S/c1-5-8-16-12-14-11-13(2)6-7-15(14)18-10-9-17(3)4/h6-7,11,16H,5,8-10,12H2,1-4H3. The van der Waals surface area contributed by atoms with E-state index in [1.165, 1.54) is 22.4 Å². The van der Waals surface area contributed by atoms with Crippen LogP contribution in [0.2, 0.25) is 0 Å². The third-order valence-electron chi connectivity index (χ3n) is 2.75. The molecule has 0 atom stereocenters. The first-order chi connectivity index (χ1) is 8.63. The van der Waals surface area contributed by atoms with E-state index in [1.54, 1.807) is 0 Å². The van der Waals surface area contributed by atoms with Crippen LogP contribution in [0.5, 0.6) is 0 Å². The molecule has 1 aromatic carbocycles. The van der Waals surface area contributed by atoms with Crippen molar-refractivity contribution in [1.29, 1.82) is 0 Å². The molecule has 0 heterocycles. The second-order valence-corrected chi connectivity index (χ2v) is 6.08. The Labute approximate surface area is 116 Å². The molecule has 0 spiro atoms. The van der Waals surface area contributed by atoms with Crippen LogP contribution in [0.15, 0.2) is 23.1 Å². The Bertz CT molecular complexity index is 350. The second kappa shape index (κ2) is 8.57. The molecule has 0 aliphatic carbocycles. The first-order valence-electron chi connectivity index (χ1n) is 6.71. The quantitative estimate of drug-likeness (QED) is 0.575. The zero-order valence-corrected chi connectivity index (χ0v) is 12.9. The van der Waals surface area contributed by atoms with Gasteiger partial charge < -0.3 is 10.2 Å². The Morgan fingerprint density at radius 1 is 1.28 bits per heavy atom. The van der Waals surface area contributed by atoms with Crippen molar-refractivity contribution < 1.29 is 0 Å². The fourth-order valence-electron chi connectivity index (χ4n) is 1.73. The zero-order chi connectivity index (χ0) is 13.4. The average Bonchev–Trinajstić information content (AvgIpc) is 2.32. The summed E-state index contributed by atoms with van der Waals surface area (Å²) in [6, 6.07) is 6.78. The van der Waals surface area contributed by atoms with Gasteiger partial charge in [-0.25, -0.2) is 0 Å². The van der Waals surface area contributed by atoms with Crippen molar-refractivity contribution >= 4 is 11.8 Å². The normalized spacial score (nSPS) is 11.2. The molecule has 102 valence electrons. The lowest BCUT2D eigenvalue weighted by atomic mass is 10.1. The molecule has 0 amide bonds. The molecule has 0 radical (unpaired) electrons. The molecule has 18 heavy (non-hydrogen) atoms. The Morgan fingerprint density at radius 2 is 2.06 bits per heavy atom. The third-order valence-corrected chi connectivity index (χ3v) is 3.85. The maximum Gasteiger partial charge on any atom is 0.0216 e. The second-order valence-electron chi connectivity index (χ2n) is 4.94. The minimum absolute atomic E-state index is 0.986. The average molecular weight is 266 g/mol. The molecule has 0 saturated heterocycles. The number of benzene rings is 1. The molecule has 0 unspecified atom stereocenters. The van der Waals surface area contributed by atoms with Crippen LogP contribution in [0.3, 0.4) is 0 Å². The minimum atomic E-state index is 0.986. The number of hydrogen-bond acceptors (Lipinski definition) is 3. The predicted molar refractivity (Wildman–Crippen MR) is 82.5 cm³/mol. The summed E-state index contributed by atoms with van der Waals surface area (Å²) in [5, 5.41) is 3.49. The van der Waals surface area contributed by atoms with Crippen molar-refractivity contribution in [2.45, 2.75) is 31.7 Å². The largest absolute Gasteiger partial charge is 0.313 e. The van der Waals surface area contributed by atoms with Gasteiger partial charge >= 0.3 is 0 Å². The lowest BCUT2D eigenvalue weighted by molar-refractivity contribution is 0.437. The Balaban J connectivity index is 2.58. The van der Waals surface area contributed by atoms with Crippen LogP contribution >= 0.6 is 11.8 Å². The number of hydrogen-bond donors (Lipinski definition) is 1. The molecule has 0 fully saturated rings. The van der Waals surface area contributed by atoms with E-state index >= 15 is 0 Å². The van der Waals surface area contributed by atoms with E-state index in [0.717, 1.165) is 25.4 Å². The smallest absolute Gasteiger partial charge is 0.0216 e. The van der Waals surface area contributed by atoms with Crippen LogP contribution < -0.4 is 5.32 Å². The molecule has 3 heteroatoms. The summed E-state index contributed by atoms with van der Waals surface area (Å²) in [5.74, 6) is 1.15. The van der Waals surface area contributed by atoms with Gasteiger partial charge in [-0.05, 0) is 45.6 Å². The van der Waals surface area contributed by atoms with Crippen LogP contribution in [-0.4, -0.2) is 37.8 Å². The molecule has 1 rings (SSSR count). The molecule has 1 aromatic rings. The fourth-order valence-corrected chi connectivity index (χ4v) is 2.88. The summed E-state index contributed by atoms with van der Waals surface area (Å²) in [5.41, 5.74) is 2.78. The van der Waals surface area contributed by atoms with Gasteiger partial charge in [-0.1, -0.05) is 24.6 Å². The van der Waals surface area contributed by atoms with Gasteiger partial charge in [-0.3, -0.25) is 0 Å². The molecule has 0 saturated carbocycles. The number of aryl methyl sites for hydroxylation is 1. The van der Waals surface area contributed by atoms with Gasteiger partial charge in [0.2, 0.25) is 0 Å². The Hall–Kier alpha value is -0.510. The molecule has 0 aliphatic rings. The van der Waals surface area contributed by atoms with Crippen LogP contribution in [0.25, 0.3) is 0 Å². The van der Waals surface area contributed by atoms with E-state index in [4.69, 9.17) is 0 Å². The van der Waals surface area contributed by atoms with Gasteiger partial charge in [0, 0.05) is 23.7 Å². The van der Waals surface area contributed by atoms with Gasteiger partial charge in [0.1, 0.15) is 0 Å². The monoisotopic (exact) mass is 266 g/mol. The highest BCUT2D eigenvalue weighted by molar-refractivity contribution is 7.99. The number of nitrogens with zero attached hydrogens (tertiary/aromatic N) is 1. The molecule has 0 aliphatic heterocycles. The van der Waals surface area contributed by atoms with Crippen LogP contribution in [0.4, 0.5) is 0 Å². The van der Waals surface area contributed by atoms with Gasteiger partial charge in [0.15, 0.2) is 0 Å². The number of nitrogens with one attached hydrogen (secondary N) is 1. The van der Waals surface area contributed by atoms with Crippen LogP contribution in [0, 0.1) is 6.92 Å². The van der Waals surface area contributed by atoms with Crippen molar-refractivity contribution in [1.82, 2.24) is 10.2 Å². The van der Waals surface area contributed by atoms with Gasteiger partial charge in [0.05, 0.1) is 0 Å². The predicted octanol–water partition coefficient (Wildman–Crippen LogP) is 3.15. The summed E-state index contributed by atoms with van der Waals surface area (Å²) < 4.78 is 0. The minimum Gasteiger partial charge on any atom is -0.313 e. The molecular weight excluding hydrogens is 240 g/mol. The highest BCUT2D eigenvalue weighted by atomic mass is 32.2. The first kappa shape index (κ1) is 15.5. The van der Waals surface area contributed by atoms with Crippen LogP contribution in [0.1, 0.15) is 24.5 Å². The van der Waals surface area contributed by atoms with E-state index in [1.807, 2.05) is 11.8 Å². The van der Waals surface area contributed by atoms with Gasteiger partial charge in [-0.2, -0.15) is 0 Å². The number of rotatable bonds is 8. The third kappa shape index (κ3) is 5.89. The van der Waals surface area contributed by atoms with Crippen molar-refractivity contribution in [3.63, 3.8) is 0 Å². The Morgan fingerprint density at radius 3 is 2.72 bits per heavy atom. The summed E-state index contributed by atoms with van der Waals surface area (Å²) in [4.78, 5) is 3.65. The summed E-state index contributed by atoms with van der Waals surface area (Å²) in [7, 11) is 4.25. The maximum absolute atomic E-state index is 3.49. The van der Waals surface area contributed by atoms with Gasteiger partial charge in [-0.15, -0.1) is 11.8 Å². The molecule has 2 nitrogen and oxygen atoms in total. The molecule has 0 bridgehead atoms. The molecule has 0 aromatic heterocycles. The maximum atomic E-state index is 3.49. The van der Waals surface area contributed by atoms with E-state index in [0.29, 0.717) is 0 Å². The SMILES string of the molecule is CCCNCc1cc(C)ccc1SCCN(C)C. The summed E-state index contributed by atoms with van der Waals surface area (Å²) >= 11 is 1.96. The van der Waals surface area contributed by atoms with Crippen molar-refractivity contribution in [2.75, 3.05) is 32.9 Å². The summed E-state index contributed by atoms with van der Waals surface area (Å²) in [6.45, 7) is 7.57. The first-order valence-corrected chi connectivity index (χ1v) is 7.69.